The Hall–Kier alpha value is -0.690. The summed E-state index contributed by atoms with van der Waals surface area (Å²) >= 11 is 8.26. The van der Waals surface area contributed by atoms with Crippen molar-refractivity contribution in [3.8, 4) is 0 Å². The molecule has 100 valence electrons. The van der Waals surface area contributed by atoms with Gasteiger partial charge in [-0.05, 0) is 58.3 Å². The first kappa shape index (κ1) is 14.7. The van der Waals surface area contributed by atoms with Crippen LogP contribution in [0.2, 0.25) is 5.02 Å². The Bertz CT molecular complexity index is 577. The lowest BCUT2D eigenvalue weighted by Crippen LogP contribution is -2.29. The van der Waals surface area contributed by atoms with Crippen LogP contribution in [-0.2, 0) is 6.42 Å². The molecule has 0 aliphatic carbocycles. The van der Waals surface area contributed by atoms with Gasteiger partial charge in [-0.3, -0.25) is 11.3 Å². The van der Waals surface area contributed by atoms with E-state index in [1.165, 1.54) is 6.07 Å². The van der Waals surface area contributed by atoms with Crippen LogP contribution in [-0.4, -0.2) is 0 Å². The predicted molar refractivity (Wildman–Crippen MR) is 84.3 cm³/mol. The number of rotatable bonds is 4. The second-order valence-corrected chi connectivity index (χ2v) is 5.76. The van der Waals surface area contributed by atoms with Crippen molar-refractivity contribution in [2.75, 3.05) is 0 Å². The fourth-order valence-corrected chi connectivity index (χ4v) is 2.41. The molecule has 0 bridgehead atoms. The molecule has 2 nitrogen and oxygen atoms in total. The van der Waals surface area contributed by atoms with E-state index in [0.29, 0.717) is 17.0 Å². The second kappa shape index (κ2) is 6.65. The number of halogens is 3. The number of hydrogen-bond acceptors (Lipinski definition) is 2. The number of benzene rings is 2. The molecule has 0 radical (unpaired) electrons. The standard InChI is InChI=1S/C14H13ClFIN2/c15-11-7-10(5-6-13(11)17)14(19-18)8-9-3-1-2-4-12(9)16/h1-7,14,19H,8,18H2. The van der Waals surface area contributed by atoms with Gasteiger partial charge in [-0.2, -0.15) is 0 Å². The first-order chi connectivity index (χ1) is 9.11. The molecule has 0 heterocycles. The van der Waals surface area contributed by atoms with E-state index in [1.54, 1.807) is 12.1 Å². The third-order valence-corrected chi connectivity index (χ3v) is 4.50. The summed E-state index contributed by atoms with van der Waals surface area (Å²) in [7, 11) is 0. The van der Waals surface area contributed by atoms with E-state index >= 15 is 0 Å². The van der Waals surface area contributed by atoms with Crippen LogP contribution >= 0.6 is 34.2 Å². The van der Waals surface area contributed by atoms with Gasteiger partial charge in [-0.25, -0.2) is 4.39 Å². The van der Waals surface area contributed by atoms with E-state index in [0.717, 1.165) is 9.13 Å². The fraction of sp³-hybridized carbons (Fsp3) is 0.143. The summed E-state index contributed by atoms with van der Waals surface area (Å²) in [5.74, 6) is 5.35. The Kier molecular flexibility index (Phi) is 5.15. The summed E-state index contributed by atoms with van der Waals surface area (Å²) in [4.78, 5) is 0. The average Bonchev–Trinajstić information content (AvgIpc) is 2.41. The van der Waals surface area contributed by atoms with Gasteiger partial charge in [-0.15, -0.1) is 0 Å². The van der Waals surface area contributed by atoms with Crippen molar-refractivity contribution in [2.24, 2.45) is 5.84 Å². The van der Waals surface area contributed by atoms with Gasteiger partial charge in [-0.1, -0.05) is 35.9 Å². The monoisotopic (exact) mass is 390 g/mol. The van der Waals surface area contributed by atoms with Gasteiger partial charge in [0.15, 0.2) is 0 Å². The number of hydrogen-bond donors (Lipinski definition) is 2. The molecular weight excluding hydrogens is 378 g/mol. The molecule has 0 aliphatic rings. The molecule has 0 amide bonds. The number of hydrazine groups is 1. The lowest BCUT2D eigenvalue weighted by molar-refractivity contribution is 0.529. The molecule has 5 heteroatoms. The van der Waals surface area contributed by atoms with E-state index in [2.05, 4.69) is 28.0 Å². The van der Waals surface area contributed by atoms with Crippen molar-refractivity contribution in [2.45, 2.75) is 12.5 Å². The highest BCUT2D eigenvalue weighted by Crippen LogP contribution is 2.25. The van der Waals surface area contributed by atoms with Gasteiger partial charge in [0, 0.05) is 3.57 Å². The molecule has 0 fully saturated rings. The van der Waals surface area contributed by atoms with Crippen LogP contribution in [0.1, 0.15) is 17.2 Å². The van der Waals surface area contributed by atoms with Crippen molar-refractivity contribution >= 4 is 34.2 Å². The summed E-state index contributed by atoms with van der Waals surface area (Å²) in [5.41, 5.74) is 4.28. The van der Waals surface area contributed by atoms with E-state index < -0.39 is 0 Å². The zero-order valence-corrected chi connectivity index (χ0v) is 13.0. The largest absolute Gasteiger partial charge is 0.271 e. The zero-order chi connectivity index (χ0) is 13.8. The maximum Gasteiger partial charge on any atom is 0.126 e. The normalized spacial score (nSPS) is 12.4. The minimum Gasteiger partial charge on any atom is -0.271 e. The van der Waals surface area contributed by atoms with Crippen LogP contribution in [0.3, 0.4) is 0 Å². The third kappa shape index (κ3) is 3.66. The SMILES string of the molecule is NNC(Cc1ccccc1F)c1ccc(I)c(Cl)c1. The molecule has 3 N–H and O–H groups in total. The van der Waals surface area contributed by atoms with E-state index in [-0.39, 0.29) is 11.9 Å². The van der Waals surface area contributed by atoms with Crippen molar-refractivity contribution < 1.29 is 4.39 Å². The Labute approximate surface area is 130 Å². The maximum absolute atomic E-state index is 13.6. The summed E-state index contributed by atoms with van der Waals surface area (Å²) in [5, 5.41) is 0.673. The van der Waals surface area contributed by atoms with Gasteiger partial charge < -0.3 is 0 Å². The predicted octanol–water partition coefficient (Wildman–Crippen LogP) is 3.83. The molecule has 0 aromatic heterocycles. The molecule has 2 rings (SSSR count). The highest BCUT2D eigenvalue weighted by molar-refractivity contribution is 14.1. The lowest BCUT2D eigenvalue weighted by atomic mass is 9.99. The van der Waals surface area contributed by atoms with Crippen molar-refractivity contribution in [3.63, 3.8) is 0 Å². The summed E-state index contributed by atoms with van der Waals surface area (Å²) in [6.45, 7) is 0. The van der Waals surface area contributed by atoms with Gasteiger partial charge in [0.25, 0.3) is 0 Å². The Balaban J connectivity index is 2.25. The molecule has 0 saturated heterocycles. The molecular formula is C14H13ClFIN2. The summed E-state index contributed by atoms with van der Waals surface area (Å²) in [6, 6.07) is 12.2. The first-order valence-corrected chi connectivity index (χ1v) is 7.22. The minimum atomic E-state index is -0.223. The quantitative estimate of drug-likeness (QED) is 0.473. The minimum absolute atomic E-state index is 0.175. The van der Waals surface area contributed by atoms with Gasteiger partial charge in [0.05, 0.1) is 11.1 Å². The van der Waals surface area contributed by atoms with Crippen LogP contribution in [0.4, 0.5) is 4.39 Å². The topological polar surface area (TPSA) is 38.0 Å². The molecule has 1 unspecified atom stereocenters. The van der Waals surface area contributed by atoms with Gasteiger partial charge in [0.2, 0.25) is 0 Å². The smallest absolute Gasteiger partial charge is 0.126 e. The molecule has 0 aliphatic heterocycles. The van der Waals surface area contributed by atoms with Crippen LogP contribution in [0.25, 0.3) is 0 Å². The van der Waals surface area contributed by atoms with Crippen molar-refractivity contribution in [3.05, 3.63) is 68.0 Å². The van der Waals surface area contributed by atoms with Crippen LogP contribution in [0.15, 0.2) is 42.5 Å². The zero-order valence-electron chi connectivity index (χ0n) is 10.0. The third-order valence-electron chi connectivity index (χ3n) is 2.93. The Morgan fingerprint density at radius 3 is 2.63 bits per heavy atom. The molecule has 19 heavy (non-hydrogen) atoms. The molecule has 2 aromatic rings. The van der Waals surface area contributed by atoms with Crippen molar-refractivity contribution in [1.29, 1.82) is 0 Å². The number of nitrogens with two attached hydrogens (primary N) is 1. The van der Waals surface area contributed by atoms with E-state index in [1.807, 2.05) is 24.3 Å². The molecule has 0 saturated carbocycles. The fourth-order valence-electron chi connectivity index (χ4n) is 1.89. The van der Waals surface area contributed by atoms with E-state index in [4.69, 9.17) is 17.4 Å². The van der Waals surface area contributed by atoms with Crippen LogP contribution in [0.5, 0.6) is 0 Å². The highest BCUT2D eigenvalue weighted by Gasteiger charge is 2.14. The van der Waals surface area contributed by atoms with E-state index in [9.17, 15) is 4.39 Å². The Morgan fingerprint density at radius 1 is 1.26 bits per heavy atom. The Morgan fingerprint density at radius 2 is 2.00 bits per heavy atom. The van der Waals surface area contributed by atoms with Crippen molar-refractivity contribution in [1.82, 2.24) is 5.43 Å². The summed E-state index contributed by atoms with van der Waals surface area (Å²) < 4.78 is 14.6. The molecule has 2 aromatic carbocycles. The first-order valence-electron chi connectivity index (χ1n) is 5.76. The highest BCUT2D eigenvalue weighted by atomic mass is 127. The maximum atomic E-state index is 13.6. The lowest BCUT2D eigenvalue weighted by Gasteiger charge is -2.17. The summed E-state index contributed by atoms with van der Waals surface area (Å²) in [6.07, 6.45) is 0.472. The van der Waals surface area contributed by atoms with Gasteiger partial charge >= 0.3 is 0 Å². The van der Waals surface area contributed by atoms with Crippen LogP contribution < -0.4 is 11.3 Å². The molecule has 1 atom stereocenters. The van der Waals surface area contributed by atoms with Crippen LogP contribution in [0, 0.1) is 9.39 Å². The molecule has 0 spiro atoms. The number of nitrogens with one attached hydrogen (secondary N) is 1. The van der Waals surface area contributed by atoms with Gasteiger partial charge in [0.1, 0.15) is 5.82 Å². The average molecular weight is 391 g/mol. The second-order valence-electron chi connectivity index (χ2n) is 4.19.